The summed E-state index contributed by atoms with van der Waals surface area (Å²) in [6.07, 6.45) is 2.42. The Balaban J connectivity index is 1.78. The molecule has 1 heterocycles. The number of aryl methyl sites for hydroxylation is 2. The molecule has 0 atom stereocenters. The summed E-state index contributed by atoms with van der Waals surface area (Å²) in [5.74, 6) is -0.0162. The topological polar surface area (TPSA) is 68.0 Å². The number of rotatable bonds is 4. The third kappa shape index (κ3) is 2.41. The minimum Gasteiger partial charge on any atom is -0.354 e. The van der Waals surface area contributed by atoms with E-state index in [9.17, 15) is 4.79 Å². The molecule has 1 aliphatic rings. The van der Waals surface area contributed by atoms with Gasteiger partial charge in [0.1, 0.15) is 0 Å². The maximum atomic E-state index is 11.5. The molecule has 5 heteroatoms. The lowest BCUT2D eigenvalue weighted by Gasteiger charge is -2.08. The van der Waals surface area contributed by atoms with Gasteiger partial charge in [-0.25, -0.2) is 4.98 Å². The van der Waals surface area contributed by atoms with E-state index in [0.717, 1.165) is 30.0 Å². The van der Waals surface area contributed by atoms with Gasteiger partial charge in [0.2, 0.25) is 5.91 Å². The van der Waals surface area contributed by atoms with Crippen LogP contribution in [-0.4, -0.2) is 23.0 Å². The Morgan fingerprint density at radius 1 is 1.56 bits per heavy atom. The van der Waals surface area contributed by atoms with Crippen molar-refractivity contribution in [3.05, 3.63) is 15.6 Å². The number of carbonyl (C=O) groups is 1. The van der Waals surface area contributed by atoms with Crippen LogP contribution in [0.15, 0.2) is 0 Å². The predicted molar refractivity (Wildman–Crippen MR) is 64.5 cm³/mol. The first-order valence-corrected chi connectivity index (χ1v) is 6.33. The van der Waals surface area contributed by atoms with Crippen LogP contribution in [0.5, 0.6) is 0 Å². The van der Waals surface area contributed by atoms with E-state index in [2.05, 4.69) is 17.2 Å². The molecule has 4 nitrogen and oxygen atoms in total. The van der Waals surface area contributed by atoms with E-state index >= 15 is 0 Å². The van der Waals surface area contributed by atoms with Crippen LogP contribution in [-0.2, 0) is 11.2 Å². The SMILES string of the molecule is Cc1nc(CCNC(=O)C2(N)CC2)sc1C. The maximum Gasteiger partial charge on any atom is 0.240 e. The van der Waals surface area contributed by atoms with Gasteiger partial charge in [-0.05, 0) is 26.7 Å². The molecular weight excluding hydrogens is 222 g/mol. The summed E-state index contributed by atoms with van der Waals surface area (Å²) >= 11 is 1.70. The predicted octanol–water partition coefficient (Wildman–Crippen LogP) is 0.910. The molecular formula is C11H17N3OS. The van der Waals surface area contributed by atoms with Crippen molar-refractivity contribution in [3.8, 4) is 0 Å². The van der Waals surface area contributed by atoms with Gasteiger partial charge < -0.3 is 11.1 Å². The lowest BCUT2D eigenvalue weighted by atomic mass is 10.2. The van der Waals surface area contributed by atoms with Crippen molar-refractivity contribution < 1.29 is 4.79 Å². The number of thiazole rings is 1. The third-order valence-electron chi connectivity index (χ3n) is 2.94. The quantitative estimate of drug-likeness (QED) is 0.820. The summed E-state index contributed by atoms with van der Waals surface area (Å²) in [5.41, 5.74) is 6.30. The van der Waals surface area contributed by atoms with Crippen LogP contribution in [0.25, 0.3) is 0 Å². The number of nitrogens with zero attached hydrogens (tertiary/aromatic N) is 1. The summed E-state index contributed by atoms with van der Waals surface area (Å²) in [5, 5.41) is 3.95. The van der Waals surface area contributed by atoms with E-state index in [1.165, 1.54) is 4.88 Å². The lowest BCUT2D eigenvalue weighted by molar-refractivity contribution is -0.123. The molecule has 88 valence electrons. The fraction of sp³-hybridized carbons (Fsp3) is 0.636. The fourth-order valence-corrected chi connectivity index (χ4v) is 2.40. The zero-order chi connectivity index (χ0) is 11.8. The van der Waals surface area contributed by atoms with Crippen LogP contribution in [0.1, 0.15) is 28.4 Å². The lowest BCUT2D eigenvalue weighted by Crippen LogP contribution is -2.43. The second-order valence-corrected chi connectivity index (χ2v) is 5.70. The number of amides is 1. The minimum absolute atomic E-state index is 0.0162. The second-order valence-electron chi connectivity index (χ2n) is 4.41. The Labute approximate surface area is 99.3 Å². The van der Waals surface area contributed by atoms with Crippen molar-refractivity contribution in [2.45, 2.75) is 38.6 Å². The average molecular weight is 239 g/mol. The van der Waals surface area contributed by atoms with Crippen molar-refractivity contribution in [1.29, 1.82) is 0 Å². The van der Waals surface area contributed by atoms with Crippen LogP contribution in [0.3, 0.4) is 0 Å². The summed E-state index contributed by atoms with van der Waals surface area (Å²) in [7, 11) is 0. The van der Waals surface area contributed by atoms with Gasteiger partial charge in [-0.2, -0.15) is 0 Å². The van der Waals surface area contributed by atoms with Crippen molar-refractivity contribution in [3.63, 3.8) is 0 Å². The number of hydrogen-bond acceptors (Lipinski definition) is 4. The molecule has 0 aliphatic heterocycles. The standard InChI is InChI=1S/C11H17N3OS/c1-7-8(2)16-9(14-7)3-6-13-10(15)11(12)4-5-11/h3-6,12H2,1-2H3,(H,13,15). The molecule has 16 heavy (non-hydrogen) atoms. The summed E-state index contributed by atoms with van der Waals surface area (Å²) in [6.45, 7) is 4.70. The number of nitrogens with one attached hydrogen (secondary N) is 1. The van der Waals surface area contributed by atoms with E-state index in [-0.39, 0.29) is 5.91 Å². The van der Waals surface area contributed by atoms with Crippen LogP contribution in [0, 0.1) is 13.8 Å². The van der Waals surface area contributed by atoms with Gasteiger partial charge in [0.25, 0.3) is 0 Å². The molecule has 0 aromatic carbocycles. The van der Waals surface area contributed by atoms with Crippen LogP contribution in [0.2, 0.25) is 0 Å². The molecule has 1 aromatic rings. The van der Waals surface area contributed by atoms with Crippen LogP contribution < -0.4 is 11.1 Å². The highest BCUT2D eigenvalue weighted by Gasteiger charge is 2.45. The molecule has 1 aromatic heterocycles. The molecule has 1 aliphatic carbocycles. The van der Waals surface area contributed by atoms with Gasteiger partial charge in [-0.15, -0.1) is 11.3 Å². The van der Waals surface area contributed by atoms with Crippen LogP contribution in [0.4, 0.5) is 0 Å². The first-order valence-electron chi connectivity index (χ1n) is 5.51. The Morgan fingerprint density at radius 2 is 2.25 bits per heavy atom. The first kappa shape index (κ1) is 11.5. The molecule has 1 fully saturated rings. The molecule has 1 saturated carbocycles. The Kier molecular flexibility index (Phi) is 2.99. The molecule has 0 bridgehead atoms. The Hall–Kier alpha value is -0.940. The highest BCUT2D eigenvalue weighted by molar-refractivity contribution is 7.11. The zero-order valence-corrected chi connectivity index (χ0v) is 10.5. The Morgan fingerprint density at radius 3 is 2.75 bits per heavy atom. The van der Waals surface area contributed by atoms with Crippen molar-refractivity contribution in [2.75, 3.05) is 6.54 Å². The van der Waals surface area contributed by atoms with Gasteiger partial charge in [-0.1, -0.05) is 0 Å². The van der Waals surface area contributed by atoms with Gasteiger partial charge in [0.05, 0.1) is 16.2 Å². The van der Waals surface area contributed by atoms with Gasteiger partial charge in [0, 0.05) is 17.8 Å². The van der Waals surface area contributed by atoms with E-state index in [1.807, 2.05) is 6.92 Å². The molecule has 0 saturated heterocycles. The zero-order valence-electron chi connectivity index (χ0n) is 9.67. The number of hydrogen-bond donors (Lipinski definition) is 2. The van der Waals surface area contributed by atoms with Gasteiger partial charge in [0.15, 0.2) is 0 Å². The first-order chi connectivity index (χ1) is 7.51. The van der Waals surface area contributed by atoms with Crippen LogP contribution >= 0.6 is 11.3 Å². The average Bonchev–Trinajstić information content (AvgIpc) is 2.89. The fourth-order valence-electron chi connectivity index (χ4n) is 1.47. The smallest absolute Gasteiger partial charge is 0.240 e. The number of nitrogens with two attached hydrogens (primary N) is 1. The third-order valence-corrected chi connectivity index (χ3v) is 4.07. The molecule has 2 rings (SSSR count). The monoisotopic (exact) mass is 239 g/mol. The highest BCUT2D eigenvalue weighted by atomic mass is 32.1. The largest absolute Gasteiger partial charge is 0.354 e. The molecule has 0 spiro atoms. The minimum atomic E-state index is -0.561. The summed E-state index contributed by atoms with van der Waals surface area (Å²) < 4.78 is 0. The molecule has 1 amide bonds. The Bertz CT molecular complexity index is 390. The van der Waals surface area contributed by atoms with E-state index in [4.69, 9.17) is 5.73 Å². The normalized spacial score (nSPS) is 17.2. The van der Waals surface area contributed by atoms with Crippen molar-refractivity contribution >= 4 is 17.2 Å². The van der Waals surface area contributed by atoms with E-state index in [1.54, 1.807) is 11.3 Å². The molecule has 0 radical (unpaired) electrons. The summed E-state index contributed by atoms with van der Waals surface area (Å²) in [4.78, 5) is 17.2. The van der Waals surface area contributed by atoms with Gasteiger partial charge >= 0.3 is 0 Å². The van der Waals surface area contributed by atoms with Crippen molar-refractivity contribution in [2.24, 2.45) is 5.73 Å². The van der Waals surface area contributed by atoms with Gasteiger partial charge in [-0.3, -0.25) is 4.79 Å². The van der Waals surface area contributed by atoms with Crippen molar-refractivity contribution in [1.82, 2.24) is 10.3 Å². The maximum absolute atomic E-state index is 11.5. The number of aromatic nitrogens is 1. The number of carbonyl (C=O) groups excluding carboxylic acids is 1. The van der Waals surface area contributed by atoms with E-state index in [0.29, 0.717) is 6.54 Å². The highest BCUT2D eigenvalue weighted by Crippen LogP contribution is 2.32. The molecule has 3 N–H and O–H groups in total. The summed E-state index contributed by atoms with van der Waals surface area (Å²) in [6, 6.07) is 0. The van der Waals surface area contributed by atoms with E-state index < -0.39 is 5.54 Å². The second kappa shape index (κ2) is 4.14. The molecule has 0 unspecified atom stereocenters.